The van der Waals surface area contributed by atoms with Crippen LogP contribution in [0.5, 0.6) is 0 Å². The molecule has 0 radical (unpaired) electrons. The van der Waals surface area contributed by atoms with E-state index < -0.39 is 10.9 Å². The van der Waals surface area contributed by atoms with Crippen molar-refractivity contribution in [2.75, 3.05) is 11.4 Å². The SMILES string of the molecule is O=C(O)CCC1CCCCN1c1ncc([N+](=O)[O-])s1. The first-order valence-electron chi connectivity index (χ1n) is 6.16. The van der Waals surface area contributed by atoms with Gasteiger partial charge in [0.05, 0.1) is 4.92 Å². The maximum Gasteiger partial charge on any atom is 0.345 e. The number of nitrogens with zero attached hydrogens (tertiary/aromatic N) is 3. The number of rotatable bonds is 5. The average molecular weight is 285 g/mol. The molecule has 2 rings (SSSR count). The van der Waals surface area contributed by atoms with Crippen LogP contribution in [-0.4, -0.2) is 33.6 Å². The van der Waals surface area contributed by atoms with Crippen molar-refractivity contribution in [3.8, 4) is 0 Å². The lowest BCUT2D eigenvalue weighted by atomic mass is 9.98. The molecule has 1 atom stereocenters. The van der Waals surface area contributed by atoms with E-state index in [0.717, 1.165) is 37.1 Å². The number of aromatic nitrogens is 1. The van der Waals surface area contributed by atoms with E-state index in [-0.39, 0.29) is 17.5 Å². The Labute approximate surface area is 114 Å². The number of hydrogen-bond acceptors (Lipinski definition) is 6. The van der Waals surface area contributed by atoms with E-state index in [1.807, 2.05) is 4.90 Å². The number of anilines is 1. The summed E-state index contributed by atoms with van der Waals surface area (Å²) in [7, 11) is 0. The fourth-order valence-electron chi connectivity index (χ4n) is 2.32. The van der Waals surface area contributed by atoms with Gasteiger partial charge in [0.1, 0.15) is 6.20 Å². The molecular formula is C11H15N3O4S. The zero-order chi connectivity index (χ0) is 13.8. The van der Waals surface area contributed by atoms with Gasteiger partial charge < -0.3 is 10.0 Å². The normalized spacial score (nSPS) is 19.4. The van der Waals surface area contributed by atoms with Gasteiger partial charge in [0.2, 0.25) is 0 Å². The Morgan fingerprint density at radius 1 is 1.63 bits per heavy atom. The van der Waals surface area contributed by atoms with Gasteiger partial charge in [-0.15, -0.1) is 0 Å². The van der Waals surface area contributed by atoms with Crippen molar-refractivity contribution in [2.24, 2.45) is 0 Å². The smallest absolute Gasteiger partial charge is 0.345 e. The van der Waals surface area contributed by atoms with E-state index in [1.54, 1.807) is 0 Å². The molecule has 1 aliphatic rings. The van der Waals surface area contributed by atoms with Gasteiger partial charge in [0.15, 0.2) is 5.13 Å². The highest BCUT2D eigenvalue weighted by molar-refractivity contribution is 7.18. The second-order valence-corrected chi connectivity index (χ2v) is 5.50. The van der Waals surface area contributed by atoms with Crippen molar-refractivity contribution in [3.63, 3.8) is 0 Å². The summed E-state index contributed by atoms with van der Waals surface area (Å²) in [6.45, 7) is 0.787. The highest BCUT2D eigenvalue weighted by Crippen LogP contribution is 2.33. The van der Waals surface area contributed by atoms with Crippen LogP contribution in [0.4, 0.5) is 10.1 Å². The number of carboxylic acids is 1. The van der Waals surface area contributed by atoms with Gasteiger partial charge in [0, 0.05) is 19.0 Å². The number of aliphatic carboxylic acids is 1. The third-order valence-electron chi connectivity index (χ3n) is 3.23. The zero-order valence-electron chi connectivity index (χ0n) is 10.3. The van der Waals surface area contributed by atoms with Crippen LogP contribution in [0.1, 0.15) is 32.1 Å². The second kappa shape index (κ2) is 5.96. The van der Waals surface area contributed by atoms with Gasteiger partial charge in [-0.1, -0.05) is 0 Å². The van der Waals surface area contributed by atoms with Crippen LogP contribution in [-0.2, 0) is 4.79 Å². The Hall–Kier alpha value is -1.70. The van der Waals surface area contributed by atoms with E-state index in [0.29, 0.717) is 11.6 Å². The van der Waals surface area contributed by atoms with Crippen molar-refractivity contribution < 1.29 is 14.8 Å². The van der Waals surface area contributed by atoms with Gasteiger partial charge in [-0.2, -0.15) is 0 Å². The first-order chi connectivity index (χ1) is 9.08. The van der Waals surface area contributed by atoms with E-state index in [4.69, 9.17) is 5.11 Å². The summed E-state index contributed by atoms with van der Waals surface area (Å²) in [5, 5.41) is 20.1. The fourth-order valence-corrected chi connectivity index (χ4v) is 3.15. The Morgan fingerprint density at radius 2 is 2.42 bits per heavy atom. The largest absolute Gasteiger partial charge is 0.481 e. The molecule has 1 aromatic rings. The molecule has 1 unspecified atom stereocenters. The lowest BCUT2D eigenvalue weighted by Gasteiger charge is -2.35. The van der Waals surface area contributed by atoms with Gasteiger partial charge in [0.25, 0.3) is 0 Å². The predicted octanol–water partition coefficient (Wildman–Crippen LogP) is 2.28. The monoisotopic (exact) mass is 285 g/mol. The Bertz CT molecular complexity index is 476. The molecule has 0 saturated carbocycles. The van der Waals surface area contributed by atoms with Crippen LogP contribution >= 0.6 is 11.3 Å². The fraction of sp³-hybridized carbons (Fsp3) is 0.636. The number of carboxylic acid groups (broad SMARTS) is 1. The van der Waals surface area contributed by atoms with Crippen LogP contribution < -0.4 is 4.90 Å². The van der Waals surface area contributed by atoms with Crippen molar-refractivity contribution in [2.45, 2.75) is 38.1 Å². The third kappa shape index (κ3) is 3.40. The molecule has 19 heavy (non-hydrogen) atoms. The molecule has 0 aromatic carbocycles. The summed E-state index contributed by atoms with van der Waals surface area (Å²) < 4.78 is 0. The maximum absolute atomic E-state index is 10.7. The van der Waals surface area contributed by atoms with Gasteiger partial charge >= 0.3 is 11.0 Å². The van der Waals surface area contributed by atoms with Crippen molar-refractivity contribution in [1.29, 1.82) is 0 Å². The first-order valence-corrected chi connectivity index (χ1v) is 6.98. The molecule has 1 aromatic heterocycles. The number of nitro groups is 1. The molecule has 104 valence electrons. The van der Waals surface area contributed by atoms with Crippen LogP contribution in [0.25, 0.3) is 0 Å². The van der Waals surface area contributed by atoms with E-state index in [9.17, 15) is 14.9 Å². The number of piperidine rings is 1. The number of hydrogen-bond donors (Lipinski definition) is 1. The van der Waals surface area contributed by atoms with Crippen LogP contribution in [0, 0.1) is 10.1 Å². The Kier molecular flexibility index (Phi) is 4.31. The third-order valence-corrected chi connectivity index (χ3v) is 4.21. The second-order valence-electron chi connectivity index (χ2n) is 4.51. The Balaban J connectivity index is 2.09. The number of thiazole rings is 1. The predicted molar refractivity (Wildman–Crippen MR) is 70.6 cm³/mol. The van der Waals surface area contributed by atoms with E-state index in [1.165, 1.54) is 6.20 Å². The van der Waals surface area contributed by atoms with E-state index >= 15 is 0 Å². The van der Waals surface area contributed by atoms with E-state index in [2.05, 4.69) is 4.98 Å². The minimum atomic E-state index is -0.810. The molecule has 0 spiro atoms. The minimum Gasteiger partial charge on any atom is -0.481 e. The summed E-state index contributed by atoms with van der Waals surface area (Å²) >= 11 is 1.05. The molecule has 1 fully saturated rings. The molecule has 1 aliphatic heterocycles. The average Bonchev–Trinajstić information content (AvgIpc) is 2.86. The summed E-state index contributed by atoms with van der Waals surface area (Å²) in [4.78, 5) is 27.0. The minimum absolute atomic E-state index is 0.0255. The molecular weight excluding hydrogens is 270 g/mol. The molecule has 0 amide bonds. The molecule has 1 saturated heterocycles. The summed E-state index contributed by atoms with van der Waals surface area (Å²) in [5.74, 6) is -0.810. The van der Waals surface area contributed by atoms with Crippen molar-refractivity contribution >= 4 is 27.4 Å². The highest BCUT2D eigenvalue weighted by Gasteiger charge is 2.26. The molecule has 7 nitrogen and oxygen atoms in total. The zero-order valence-corrected chi connectivity index (χ0v) is 11.1. The van der Waals surface area contributed by atoms with Crippen molar-refractivity contribution in [1.82, 2.24) is 4.98 Å². The molecule has 1 N–H and O–H groups in total. The van der Waals surface area contributed by atoms with Gasteiger partial charge in [-0.05, 0) is 37.0 Å². The standard InChI is InChI=1S/C11H15N3O4S/c15-10(16)5-4-8-3-1-2-6-13(8)11-12-7-9(19-11)14(17)18/h7-8H,1-6H2,(H,15,16). The first kappa shape index (κ1) is 13.7. The van der Waals surface area contributed by atoms with Crippen molar-refractivity contribution in [3.05, 3.63) is 16.3 Å². The summed E-state index contributed by atoms with van der Waals surface area (Å²) in [6, 6.07) is 0.121. The topological polar surface area (TPSA) is 96.6 Å². The lowest BCUT2D eigenvalue weighted by molar-refractivity contribution is -0.380. The molecule has 8 heteroatoms. The van der Waals surface area contributed by atoms with Gasteiger partial charge in [-0.25, -0.2) is 4.98 Å². The number of carbonyl (C=O) groups is 1. The highest BCUT2D eigenvalue weighted by atomic mass is 32.1. The van der Waals surface area contributed by atoms with Crippen LogP contribution in [0.15, 0.2) is 6.20 Å². The molecule has 0 bridgehead atoms. The van der Waals surface area contributed by atoms with Crippen LogP contribution in [0.2, 0.25) is 0 Å². The van der Waals surface area contributed by atoms with Gasteiger partial charge in [-0.3, -0.25) is 14.9 Å². The quantitative estimate of drug-likeness (QED) is 0.658. The Morgan fingerprint density at radius 3 is 3.05 bits per heavy atom. The summed E-state index contributed by atoms with van der Waals surface area (Å²) in [5.41, 5.74) is 0. The lowest BCUT2D eigenvalue weighted by Crippen LogP contribution is -2.39. The maximum atomic E-state index is 10.7. The molecule has 0 aliphatic carbocycles. The summed E-state index contributed by atoms with van der Waals surface area (Å²) in [6.07, 6.45) is 4.94. The van der Waals surface area contributed by atoms with Crippen LogP contribution in [0.3, 0.4) is 0 Å². The molecule has 2 heterocycles.